The number of halogens is 1. The Labute approximate surface area is 194 Å². The minimum absolute atomic E-state index is 0.327. The Kier molecular flexibility index (Phi) is 7.18. The fourth-order valence-electron chi connectivity index (χ4n) is 4.66. The van der Waals surface area contributed by atoms with Crippen molar-refractivity contribution in [1.29, 1.82) is 0 Å². The van der Waals surface area contributed by atoms with Gasteiger partial charge in [-0.3, -0.25) is 13.9 Å². The smallest absolute Gasteiger partial charge is 0.292 e. The van der Waals surface area contributed by atoms with Crippen molar-refractivity contribution in [2.24, 2.45) is 0 Å². The van der Waals surface area contributed by atoms with Gasteiger partial charge in [0.15, 0.2) is 0 Å². The molecule has 3 rings (SSSR count). The van der Waals surface area contributed by atoms with Crippen molar-refractivity contribution in [3.8, 4) is 0 Å². The van der Waals surface area contributed by atoms with E-state index in [1.807, 2.05) is 9.34 Å². The maximum atomic E-state index is 14.4. The summed E-state index contributed by atoms with van der Waals surface area (Å²) in [7, 11) is 0. The second-order valence-electron chi connectivity index (χ2n) is 9.91. The molecule has 3 nitrogen and oxygen atoms in total. The first kappa shape index (κ1) is 24.2. The first-order valence-corrected chi connectivity index (χ1v) is 14.1. The molecule has 0 N–H and O–H groups in total. The third kappa shape index (κ3) is 4.41. The van der Waals surface area contributed by atoms with Gasteiger partial charge in [0, 0.05) is 13.1 Å². The Balaban J connectivity index is 2.20. The van der Waals surface area contributed by atoms with Crippen LogP contribution in [0.4, 0.5) is 11.4 Å². The molecule has 1 aliphatic heterocycles. The molecule has 0 atom stereocenters. The van der Waals surface area contributed by atoms with Gasteiger partial charge in [-0.25, -0.2) is 0 Å². The standard InChI is InChI=1S/C26H38ClN2OP/c1-17(2)21-11-9-12-22(18(3)4)25(21)28-15-16-29(31(28,27)30)26-23(19(5)6)13-10-14-24(26)20(7)8/h9-14,17-20H,15-16H2,1-8H3. The summed E-state index contributed by atoms with van der Waals surface area (Å²) in [5.74, 6) is 1.31. The maximum absolute atomic E-state index is 14.4. The van der Waals surface area contributed by atoms with Crippen molar-refractivity contribution in [3.63, 3.8) is 0 Å². The van der Waals surface area contributed by atoms with Crippen LogP contribution in [-0.2, 0) is 4.57 Å². The van der Waals surface area contributed by atoms with Crippen LogP contribution in [0.5, 0.6) is 0 Å². The molecule has 0 amide bonds. The molecule has 0 aliphatic carbocycles. The highest BCUT2D eigenvalue weighted by atomic mass is 35.7. The molecule has 0 saturated carbocycles. The Bertz CT molecular complexity index is 855. The fraction of sp³-hybridized carbons (Fsp3) is 0.538. The third-order valence-electron chi connectivity index (χ3n) is 6.32. The predicted molar refractivity (Wildman–Crippen MR) is 137 cm³/mol. The molecule has 2 aromatic rings. The second-order valence-corrected chi connectivity index (χ2v) is 13.1. The number of rotatable bonds is 6. The zero-order chi connectivity index (χ0) is 23.1. The number of para-hydroxylation sites is 2. The second kappa shape index (κ2) is 9.20. The Morgan fingerprint density at radius 2 is 0.903 bits per heavy atom. The van der Waals surface area contributed by atoms with Crippen LogP contribution in [-0.4, -0.2) is 13.1 Å². The lowest BCUT2D eigenvalue weighted by molar-refractivity contribution is 0.584. The monoisotopic (exact) mass is 460 g/mol. The van der Waals surface area contributed by atoms with Crippen molar-refractivity contribution in [2.75, 3.05) is 22.4 Å². The summed E-state index contributed by atoms with van der Waals surface area (Å²) in [5, 5.41) is 0. The zero-order valence-corrected chi connectivity index (χ0v) is 22.0. The van der Waals surface area contributed by atoms with Crippen LogP contribution in [0.15, 0.2) is 36.4 Å². The average Bonchev–Trinajstić information content (AvgIpc) is 3.00. The van der Waals surface area contributed by atoms with E-state index in [-0.39, 0.29) is 0 Å². The van der Waals surface area contributed by atoms with Gasteiger partial charge in [-0.1, -0.05) is 91.8 Å². The number of hydrogen-bond donors (Lipinski definition) is 0. The zero-order valence-electron chi connectivity index (χ0n) is 20.3. The van der Waals surface area contributed by atoms with Crippen molar-refractivity contribution in [1.82, 2.24) is 0 Å². The number of nitrogens with zero attached hydrogens (tertiary/aromatic N) is 2. The highest BCUT2D eigenvalue weighted by Gasteiger charge is 2.45. The van der Waals surface area contributed by atoms with Gasteiger partial charge in [0.25, 0.3) is 0 Å². The normalized spacial score (nSPS) is 16.4. The lowest BCUT2D eigenvalue weighted by Crippen LogP contribution is -2.20. The summed E-state index contributed by atoms with van der Waals surface area (Å²) in [4.78, 5) is 0. The SMILES string of the molecule is CC(C)c1cccc(C(C)C)c1N1CCN(c2c(C(C)C)cccc2C(C)C)P1(=O)Cl. The predicted octanol–water partition coefficient (Wildman–Crippen LogP) is 8.85. The van der Waals surface area contributed by atoms with Crippen LogP contribution in [0.3, 0.4) is 0 Å². The highest BCUT2D eigenvalue weighted by Crippen LogP contribution is 2.66. The molecular formula is C26H38ClN2OP. The molecule has 31 heavy (non-hydrogen) atoms. The lowest BCUT2D eigenvalue weighted by atomic mass is 9.92. The van der Waals surface area contributed by atoms with Gasteiger partial charge in [-0.05, 0) is 57.2 Å². The molecule has 0 radical (unpaired) electrons. The van der Waals surface area contributed by atoms with E-state index in [2.05, 4.69) is 91.8 Å². The summed E-state index contributed by atoms with van der Waals surface area (Å²) in [6.07, 6.45) is 0. The van der Waals surface area contributed by atoms with Crippen LogP contribution in [0.2, 0.25) is 0 Å². The van der Waals surface area contributed by atoms with Crippen LogP contribution in [0, 0.1) is 0 Å². The first-order chi connectivity index (χ1) is 14.5. The lowest BCUT2D eigenvalue weighted by Gasteiger charge is -2.34. The number of anilines is 2. The topological polar surface area (TPSA) is 23.6 Å². The highest BCUT2D eigenvalue weighted by molar-refractivity contribution is 7.91. The van der Waals surface area contributed by atoms with Crippen molar-refractivity contribution in [2.45, 2.75) is 79.1 Å². The van der Waals surface area contributed by atoms with E-state index in [0.29, 0.717) is 36.8 Å². The fourth-order valence-corrected chi connectivity index (χ4v) is 7.45. The van der Waals surface area contributed by atoms with E-state index in [0.717, 1.165) is 11.4 Å². The van der Waals surface area contributed by atoms with Gasteiger partial charge in [0.2, 0.25) is 0 Å². The molecular weight excluding hydrogens is 423 g/mol. The van der Waals surface area contributed by atoms with Crippen LogP contribution in [0.25, 0.3) is 0 Å². The van der Waals surface area contributed by atoms with Gasteiger partial charge < -0.3 is 0 Å². The minimum atomic E-state index is -3.33. The van der Waals surface area contributed by atoms with Gasteiger partial charge >= 0.3 is 6.80 Å². The van der Waals surface area contributed by atoms with Crippen LogP contribution < -0.4 is 9.34 Å². The minimum Gasteiger partial charge on any atom is -0.292 e. The van der Waals surface area contributed by atoms with Crippen molar-refractivity contribution < 1.29 is 4.57 Å². The summed E-state index contributed by atoms with van der Waals surface area (Å²) < 4.78 is 18.4. The largest absolute Gasteiger partial charge is 0.352 e. The molecule has 1 aliphatic rings. The molecule has 0 spiro atoms. The molecule has 170 valence electrons. The van der Waals surface area contributed by atoms with E-state index in [9.17, 15) is 4.57 Å². The van der Waals surface area contributed by atoms with Crippen LogP contribution in [0.1, 0.15) is 101 Å². The Hall–Kier alpha value is -1.44. The van der Waals surface area contributed by atoms with E-state index >= 15 is 0 Å². The summed E-state index contributed by atoms with van der Waals surface area (Å²) in [5.41, 5.74) is 7.01. The molecule has 1 fully saturated rings. The molecule has 1 saturated heterocycles. The first-order valence-electron chi connectivity index (χ1n) is 11.6. The molecule has 1 heterocycles. The van der Waals surface area contributed by atoms with Gasteiger partial charge in [0.05, 0.1) is 11.4 Å². The average molecular weight is 461 g/mol. The summed E-state index contributed by atoms with van der Waals surface area (Å²) >= 11 is 7.08. The van der Waals surface area contributed by atoms with E-state index < -0.39 is 6.80 Å². The van der Waals surface area contributed by atoms with Crippen molar-refractivity contribution >= 4 is 29.4 Å². The quantitative estimate of drug-likeness (QED) is 0.402. The maximum Gasteiger partial charge on any atom is 0.352 e. The van der Waals surface area contributed by atoms with E-state index in [1.165, 1.54) is 22.3 Å². The molecule has 0 aromatic heterocycles. The summed E-state index contributed by atoms with van der Waals surface area (Å²) in [6, 6.07) is 12.9. The number of hydrogen-bond acceptors (Lipinski definition) is 1. The molecule has 5 heteroatoms. The Morgan fingerprint density at radius 1 is 0.645 bits per heavy atom. The molecule has 2 aromatic carbocycles. The molecule has 0 bridgehead atoms. The van der Waals surface area contributed by atoms with Gasteiger partial charge in [-0.2, -0.15) is 0 Å². The van der Waals surface area contributed by atoms with Gasteiger partial charge in [0.1, 0.15) is 0 Å². The van der Waals surface area contributed by atoms with E-state index in [4.69, 9.17) is 11.2 Å². The van der Waals surface area contributed by atoms with Gasteiger partial charge in [-0.15, -0.1) is 0 Å². The van der Waals surface area contributed by atoms with Crippen LogP contribution >= 0.6 is 18.0 Å². The molecule has 0 unspecified atom stereocenters. The summed E-state index contributed by atoms with van der Waals surface area (Å²) in [6.45, 7) is 15.5. The third-order valence-corrected chi connectivity index (χ3v) is 9.41. The van der Waals surface area contributed by atoms with E-state index in [1.54, 1.807) is 0 Å². The van der Waals surface area contributed by atoms with Crippen molar-refractivity contribution in [3.05, 3.63) is 58.7 Å². The number of benzene rings is 2. The Morgan fingerprint density at radius 3 is 1.13 bits per heavy atom.